The molecule has 5 rings (SSSR count). The summed E-state index contributed by atoms with van der Waals surface area (Å²) in [5.74, 6) is 0.123. The van der Waals surface area contributed by atoms with Crippen LogP contribution in [0, 0.1) is 6.92 Å². The van der Waals surface area contributed by atoms with Crippen molar-refractivity contribution in [2.24, 2.45) is 7.05 Å². The first-order chi connectivity index (χ1) is 15.4. The molecule has 0 spiro atoms. The fourth-order valence-electron chi connectivity index (χ4n) is 4.61. The average molecular weight is 461 g/mol. The molecular formula is C22H26ClFN6O2. The second-order valence-corrected chi connectivity index (χ2v) is 9.00. The fourth-order valence-corrected chi connectivity index (χ4v) is 4.93. The van der Waals surface area contributed by atoms with E-state index in [0.29, 0.717) is 42.7 Å². The van der Waals surface area contributed by atoms with E-state index in [1.807, 2.05) is 24.9 Å². The van der Waals surface area contributed by atoms with Gasteiger partial charge in [-0.3, -0.25) is 9.58 Å². The van der Waals surface area contributed by atoms with Crippen LogP contribution in [0.3, 0.4) is 0 Å². The van der Waals surface area contributed by atoms with E-state index in [-0.39, 0.29) is 18.5 Å². The molecule has 2 aliphatic heterocycles. The number of aliphatic hydroxyl groups is 1. The van der Waals surface area contributed by atoms with Crippen LogP contribution >= 0.6 is 11.6 Å². The van der Waals surface area contributed by atoms with Crippen LogP contribution in [0.5, 0.6) is 0 Å². The van der Waals surface area contributed by atoms with E-state index in [2.05, 4.69) is 20.4 Å². The minimum absolute atomic E-state index is 0.140. The van der Waals surface area contributed by atoms with Crippen molar-refractivity contribution in [2.75, 3.05) is 31.6 Å². The molecule has 4 heterocycles. The van der Waals surface area contributed by atoms with Crippen molar-refractivity contribution in [1.29, 1.82) is 0 Å². The van der Waals surface area contributed by atoms with E-state index in [9.17, 15) is 5.11 Å². The van der Waals surface area contributed by atoms with Gasteiger partial charge in [-0.05, 0) is 37.6 Å². The highest BCUT2D eigenvalue weighted by atomic mass is 35.5. The van der Waals surface area contributed by atoms with Gasteiger partial charge in [-0.1, -0.05) is 11.6 Å². The molecule has 2 saturated heterocycles. The summed E-state index contributed by atoms with van der Waals surface area (Å²) in [5.41, 5.74) is 3.26. The number of likely N-dealkylation sites (tertiary alicyclic amines) is 1. The summed E-state index contributed by atoms with van der Waals surface area (Å²) in [4.78, 5) is 11.0. The number of benzene rings is 1. The van der Waals surface area contributed by atoms with Crippen molar-refractivity contribution in [2.45, 2.75) is 37.6 Å². The quantitative estimate of drug-likeness (QED) is 0.618. The molecule has 2 fully saturated rings. The number of nitrogens with zero attached hydrogens (tertiary/aromatic N) is 5. The second kappa shape index (κ2) is 8.55. The lowest BCUT2D eigenvalue weighted by atomic mass is 9.86. The number of fused-ring (bicyclic) bond motifs is 1. The maximum atomic E-state index is 15.3. The smallest absolute Gasteiger partial charge is 0.227 e. The van der Waals surface area contributed by atoms with Crippen LogP contribution in [0.25, 0.3) is 10.9 Å². The Morgan fingerprint density at radius 3 is 2.81 bits per heavy atom. The van der Waals surface area contributed by atoms with Crippen LogP contribution in [0.4, 0.5) is 16.0 Å². The van der Waals surface area contributed by atoms with Gasteiger partial charge in [0.1, 0.15) is 6.17 Å². The molecule has 0 saturated carbocycles. The third-order valence-corrected chi connectivity index (χ3v) is 6.97. The summed E-state index contributed by atoms with van der Waals surface area (Å²) < 4.78 is 22.4. The molecule has 0 bridgehead atoms. The van der Waals surface area contributed by atoms with Gasteiger partial charge in [-0.25, -0.2) is 14.4 Å². The predicted octanol–water partition coefficient (Wildman–Crippen LogP) is 2.96. The molecule has 2 aliphatic rings. The number of alkyl halides is 1. The molecule has 2 aromatic heterocycles. The van der Waals surface area contributed by atoms with Gasteiger partial charge in [0.25, 0.3) is 0 Å². The molecule has 170 valence electrons. The Kier molecular flexibility index (Phi) is 5.75. The monoisotopic (exact) mass is 460 g/mol. The Morgan fingerprint density at radius 1 is 1.28 bits per heavy atom. The predicted molar refractivity (Wildman–Crippen MR) is 120 cm³/mol. The lowest BCUT2D eigenvalue weighted by molar-refractivity contribution is 0.0353. The highest BCUT2D eigenvalue weighted by molar-refractivity contribution is 6.32. The highest BCUT2D eigenvalue weighted by Crippen LogP contribution is 2.37. The minimum Gasteiger partial charge on any atom is -0.389 e. The molecular weight excluding hydrogens is 435 g/mol. The van der Waals surface area contributed by atoms with Crippen LogP contribution in [0.15, 0.2) is 24.5 Å². The molecule has 32 heavy (non-hydrogen) atoms. The number of anilines is 2. The number of aryl methyl sites for hydroxylation is 1. The largest absolute Gasteiger partial charge is 0.389 e. The number of aliphatic hydroxyl groups excluding tert-OH is 1. The first-order valence-corrected chi connectivity index (χ1v) is 11.1. The molecule has 1 aromatic carbocycles. The maximum absolute atomic E-state index is 15.3. The summed E-state index contributed by atoms with van der Waals surface area (Å²) in [6.45, 7) is 3.65. The van der Waals surface area contributed by atoms with Crippen molar-refractivity contribution >= 4 is 34.1 Å². The third-order valence-electron chi connectivity index (χ3n) is 6.64. The topological polar surface area (TPSA) is 88.3 Å². The molecule has 8 nitrogen and oxygen atoms in total. The molecule has 0 aliphatic carbocycles. The zero-order valence-electron chi connectivity index (χ0n) is 18.0. The van der Waals surface area contributed by atoms with Crippen molar-refractivity contribution < 1.29 is 14.2 Å². The number of hydrogen-bond acceptors (Lipinski definition) is 7. The van der Waals surface area contributed by atoms with Gasteiger partial charge < -0.3 is 15.2 Å². The first-order valence-electron chi connectivity index (χ1n) is 10.8. The normalized spacial score (nSPS) is 26.7. The Labute approximate surface area is 190 Å². The van der Waals surface area contributed by atoms with E-state index in [1.165, 1.54) is 0 Å². The van der Waals surface area contributed by atoms with Crippen LogP contribution in [-0.2, 0) is 11.8 Å². The van der Waals surface area contributed by atoms with E-state index < -0.39 is 12.3 Å². The lowest BCUT2D eigenvalue weighted by Crippen LogP contribution is -2.50. The zero-order chi connectivity index (χ0) is 22.4. The molecule has 2 N–H and O–H groups in total. The third kappa shape index (κ3) is 3.94. The number of ether oxygens (including phenoxy) is 1. The summed E-state index contributed by atoms with van der Waals surface area (Å²) in [7, 11) is 1.87. The average Bonchev–Trinajstić information content (AvgIpc) is 3.34. The van der Waals surface area contributed by atoms with Crippen molar-refractivity contribution in [3.8, 4) is 0 Å². The molecule has 0 unspecified atom stereocenters. The van der Waals surface area contributed by atoms with Gasteiger partial charge in [0, 0.05) is 36.1 Å². The Morgan fingerprint density at radius 2 is 2.12 bits per heavy atom. The number of nitrogens with one attached hydrogen (secondary N) is 1. The number of aromatic nitrogens is 4. The standard InChI is InChI=1S/C22H26ClFN6O2/c1-12-19(8-26-29(12)2)28-22-25-7-13-5-16(23)15(6-18(13)27-22)14-3-4-30(9-17(14)24)20-10-32-11-21(20)31/h5-8,14,17,20-21,31H,3-4,9-11H2,1-2H3,(H,25,27,28)/t14-,17+,20+,21-/m0/s1. The Balaban J connectivity index is 1.39. The first kappa shape index (κ1) is 21.5. The Bertz CT molecular complexity index is 1140. The zero-order valence-corrected chi connectivity index (χ0v) is 18.8. The maximum Gasteiger partial charge on any atom is 0.227 e. The second-order valence-electron chi connectivity index (χ2n) is 8.60. The SMILES string of the molecule is Cc1c(Nc2ncc3cc(Cl)c([C@@H]4CCN([C@@H]5COC[C@@H]5O)C[C@H]4F)cc3n2)cnn1C. The van der Waals surface area contributed by atoms with Crippen molar-refractivity contribution in [3.63, 3.8) is 0 Å². The summed E-state index contributed by atoms with van der Waals surface area (Å²) in [6, 6.07) is 3.54. The lowest BCUT2D eigenvalue weighted by Gasteiger charge is -2.39. The van der Waals surface area contributed by atoms with Crippen LogP contribution in [0.2, 0.25) is 5.02 Å². The van der Waals surface area contributed by atoms with Crippen LogP contribution in [-0.4, -0.2) is 74.4 Å². The molecule has 10 heteroatoms. The summed E-state index contributed by atoms with van der Waals surface area (Å²) in [6.07, 6.45) is 2.39. The Hall–Kier alpha value is -2.33. The van der Waals surface area contributed by atoms with Gasteiger partial charge in [0.15, 0.2) is 0 Å². The molecule has 0 amide bonds. The van der Waals surface area contributed by atoms with Gasteiger partial charge in [-0.15, -0.1) is 0 Å². The molecule has 4 atom stereocenters. The van der Waals surface area contributed by atoms with E-state index >= 15 is 4.39 Å². The van der Waals surface area contributed by atoms with Gasteiger partial charge in [0.05, 0.1) is 48.5 Å². The fraction of sp³-hybridized carbons (Fsp3) is 0.500. The van der Waals surface area contributed by atoms with E-state index in [1.54, 1.807) is 23.1 Å². The summed E-state index contributed by atoms with van der Waals surface area (Å²) >= 11 is 6.56. The number of halogens is 2. The molecule has 3 aromatic rings. The minimum atomic E-state index is -1.09. The van der Waals surface area contributed by atoms with Crippen molar-refractivity contribution in [3.05, 3.63) is 40.8 Å². The summed E-state index contributed by atoms with van der Waals surface area (Å²) in [5, 5.41) is 18.8. The molecule has 0 radical (unpaired) electrons. The van der Waals surface area contributed by atoms with Crippen molar-refractivity contribution in [1.82, 2.24) is 24.6 Å². The van der Waals surface area contributed by atoms with E-state index in [0.717, 1.165) is 22.3 Å². The number of piperidine rings is 1. The number of rotatable bonds is 4. The number of hydrogen-bond donors (Lipinski definition) is 2. The van der Waals surface area contributed by atoms with Gasteiger partial charge in [-0.2, -0.15) is 5.10 Å². The van der Waals surface area contributed by atoms with Crippen LogP contribution < -0.4 is 5.32 Å². The van der Waals surface area contributed by atoms with Gasteiger partial charge in [0.2, 0.25) is 5.95 Å². The highest BCUT2D eigenvalue weighted by Gasteiger charge is 2.39. The van der Waals surface area contributed by atoms with Gasteiger partial charge >= 0.3 is 0 Å². The van der Waals surface area contributed by atoms with E-state index in [4.69, 9.17) is 16.3 Å². The van der Waals surface area contributed by atoms with Crippen LogP contribution in [0.1, 0.15) is 23.6 Å².